The third kappa shape index (κ3) is 24.7. The summed E-state index contributed by atoms with van der Waals surface area (Å²) >= 11 is 0. The lowest BCUT2D eigenvalue weighted by atomic mass is 10.3. The van der Waals surface area contributed by atoms with E-state index in [2.05, 4.69) is 28.8 Å². The van der Waals surface area contributed by atoms with Gasteiger partial charge in [-0.3, -0.25) is 0 Å². The average Bonchev–Trinajstić information content (AvgIpc) is 2.01. The van der Waals surface area contributed by atoms with Gasteiger partial charge in [0.2, 0.25) is 0 Å². The van der Waals surface area contributed by atoms with Crippen molar-refractivity contribution in [3.05, 3.63) is 0 Å². The van der Waals surface area contributed by atoms with E-state index >= 15 is 0 Å². The second-order valence-electron chi connectivity index (χ2n) is 3.33. The van der Waals surface area contributed by atoms with Crippen LogP contribution in [0.5, 0.6) is 0 Å². The third-order valence-corrected chi connectivity index (χ3v) is 0.912. The topological polar surface area (TPSA) is 34.0 Å². The van der Waals surface area contributed by atoms with Gasteiger partial charge in [0.1, 0.15) is 7.11 Å². The number of hydrogen-bond donors (Lipinski definition) is 0. The molecule has 0 atom stereocenters. The predicted octanol–water partition coefficient (Wildman–Crippen LogP) is 2.62. The molecule has 78 valence electrons. The van der Waals surface area contributed by atoms with Crippen LogP contribution in [0.25, 0.3) is 0 Å². The number of oxime groups is 1. The van der Waals surface area contributed by atoms with E-state index in [4.69, 9.17) is 0 Å². The van der Waals surface area contributed by atoms with E-state index in [9.17, 15) is 0 Å². The summed E-state index contributed by atoms with van der Waals surface area (Å²) in [5, 5.41) is 3.55. The first-order valence-corrected chi connectivity index (χ1v) is 4.53. The van der Waals surface area contributed by atoms with E-state index in [0.29, 0.717) is 11.8 Å². The standard InChI is InChI=1S/C5H11NO.C5H11N/c1-5(2)4-6-7-3;1-5(2)4-6-3/h4-5H,1-3H3;4-5H,1-3H3/b6-4+;. The first-order chi connectivity index (χ1) is 6.04. The molecule has 0 unspecified atom stereocenters. The Bertz CT molecular complexity index is 140. The van der Waals surface area contributed by atoms with Gasteiger partial charge in [0, 0.05) is 19.5 Å². The van der Waals surface area contributed by atoms with E-state index in [1.165, 1.54) is 0 Å². The van der Waals surface area contributed by atoms with Crippen LogP contribution in [0.4, 0.5) is 0 Å². The van der Waals surface area contributed by atoms with Crippen molar-refractivity contribution in [1.29, 1.82) is 0 Å². The van der Waals surface area contributed by atoms with E-state index in [1.54, 1.807) is 20.4 Å². The van der Waals surface area contributed by atoms with Gasteiger partial charge in [0.25, 0.3) is 0 Å². The molecular weight excluding hydrogens is 164 g/mol. The highest BCUT2D eigenvalue weighted by Gasteiger charge is 1.80. The number of hydrogen-bond acceptors (Lipinski definition) is 3. The Morgan fingerprint density at radius 1 is 1.00 bits per heavy atom. The summed E-state index contributed by atoms with van der Waals surface area (Å²) in [5.74, 6) is 1.09. The van der Waals surface area contributed by atoms with Crippen LogP contribution in [0.15, 0.2) is 10.1 Å². The number of rotatable bonds is 3. The number of nitrogens with zero attached hydrogens (tertiary/aromatic N) is 2. The van der Waals surface area contributed by atoms with Gasteiger partial charge in [-0.15, -0.1) is 0 Å². The molecule has 0 saturated carbocycles. The molecule has 0 saturated heterocycles. The molecule has 0 N–H and O–H groups in total. The maximum atomic E-state index is 4.42. The minimum Gasteiger partial charge on any atom is -0.399 e. The zero-order chi connectivity index (χ0) is 10.7. The highest BCUT2D eigenvalue weighted by molar-refractivity contribution is 5.59. The van der Waals surface area contributed by atoms with Crippen LogP contribution in [0.2, 0.25) is 0 Å². The van der Waals surface area contributed by atoms with Crippen molar-refractivity contribution in [2.24, 2.45) is 22.0 Å². The van der Waals surface area contributed by atoms with Crippen LogP contribution in [0, 0.1) is 11.8 Å². The first-order valence-electron chi connectivity index (χ1n) is 4.53. The van der Waals surface area contributed by atoms with Gasteiger partial charge in [-0.05, 0) is 11.8 Å². The van der Waals surface area contributed by atoms with Crippen molar-refractivity contribution in [1.82, 2.24) is 0 Å². The average molecular weight is 186 g/mol. The van der Waals surface area contributed by atoms with Gasteiger partial charge < -0.3 is 9.83 Å². The summed E-state index contributed by atoms with van der Waals surface area (Å²) in [7, 11) is 3.33. The van der Waals surface area contributed by atoms with E-state index in [0.717, 1.165) is 0 Å². The highest BCUT2D eigenvalue weighted by atomic mass is 16.6. The molecule has 0 fully saturated rings. The SMILES string of the molecule is CN=CC(C)C.CO/N=C/C(C)C. The van der Waals surface area contributed by atoms with Gasteiger partial charge in [0.15, 0.2) is 0 Å². The minimum atomic E-state index is 0.486. The van der Waals surface area contributed by atoms with Crippen LogP contribution >= 0.6 is 0 Å². The third-order valence-electron chi connectivity index (χ3n) is 0.912. The zero-order valence-corrected chi connectivity index (χ0v) is 9.61. The molecule has 0 aromatic rings. The van der Waals surface area contributed by atoms with E-state index < -0.39 is 0 Å². The fraction of sp³-hybridized carbons (Fsp3) is 0.800. The van der Waals surface area contributed by atoms with Crippen LogP contribution in [0.3, 0.4) is 0 Å². The van der Waals surface area contributed by atoms with Crippen molar-refractivity contribution in [3.63, 3.8) is 0 Å². The minimum absolute atomic E-state index is 0.486. The van der Waals surface area contributed by atoms with Gasteiger partial charge in [-0.2, -0.15) is 0 Å². The first kappa shape index (κ1) is 14.7. The molecule has 0 bridgehead atoms. The normalized spacial score (nSPS) is 11.1. The molecule has 13 heavy (non-hydrogen) atoms. The van der Waals surface area contributed by atoms with Crippen molar-refractivity contribution >= 4 is 12.4 Å². The summed E-state index contributed by atoms with van der Waals surface area (Å²) in [6, 6.07) is 0. The largest absolute Gasteiger partial charge is 0.399 e. The summed E-state index contributed by atoms with van der Waals surface area (Å²) in [4.78, 5) is 8.23. The predicted molar refractivity (Wildman–Crippen MR) is 59.6 cm³/mol. The monoisotopic (exact) mass is 186 g/mol. The second kappa shape index (κ2) is 11.1. The molecular formula is C10H22N2O. The Morgan fingerprint density at radius 3 is 1.54 bits per heavy atom. The molecule has 0 amide bonds. The lowest BCUT2D eigenvalue weighted by molar-refractivity contribution is 0.213. The Kier molecular flexibility index (Phi) is 12.6. The Balaban J connectivity index is 0. The maximum absolute atomic E-state index is 4.42. The lowest BCUT2D eigenvalue weighted by Crippen LogP contribution is -1.86. The molecule has 0 aromatic carbocycles. The van der Waals surface area contributed by atoms with Gasteiger partial charge >= 0.3 is 0 Å². The summed E-state index contributed by atoms with van der Waals surface area (Å²) in [6.45, 7) is 8.30. The van der Waals surface area contributed by atoms with Crippen molar-refractivity contribution in [3.8, 4) is 0 Å². The van der Waals surface area contributed by atoms with Crippen LogP contribution in [0.1, 0.15) is 27.7 Å². The van der Waals surface area contributed by atoms with Crippen molar-refractivity contribution in [2.75, 3.05) is 14.2 Å². The van der Waals surface area contributed by atoms with Crippen LogP contribution in [-0.2, 0) is 4.84 Å². The molecule has 0 aliphatic heterocycles. The smallest absolute Gasteiger partial charge is 0.106 e. The molecule has 3 heteroatoms. The molecule has 0 aliphatic rings. The Hall–Kier alpha value is -0.860. The Labute approximate surface area is 81.9 Å². The molecule has 0 aromatic heterocycles. The second-order valence-corrected chi connectivity index (χ2v) is 3.33. The molecule has 0 aliphatic carbocycles. The van der Waals surface area contributed by atoms with Crippen LogP contribution in [-0.4, -0.2) is 26.6 Å². The van der Waals surface area contributed by atoms with E-state index in [1.807, 2.05) is 20.1 Å². The zero-order valence-electron chi connectivity index (χ0n) is 9.61. The summed E-state index contributed by atoms with van der Waals surface area (Å²) in [5.41, 5.74) is 0. The summed E-state index contributed by atoms with van der Waals surface area (Å²) in [6.07, 6.45) is 3.67. The fourth-order valence-corrected chi connectivity index (χ4v) is 0.481. The summed E-state index contributed by atoms with van der Waals surface area (Å²) < 4.78 is 0. The number of aliphatic imine (C=N–C) groups is 1. The fourth-order valence-electron chi connectivity index (χ4n) is 0.481. The van der Waals surface area contributed by atoms with E-state index in [-0.39, 0.29) is 0 Å². The van der Waals surface area contributed by atoms with Crippen molar-refractivity contribution < 1.29 is 4.84 Å². The Morgan fingerprint density at radius 2 is 1.46 bits per heavy atom. The van der Waals surface area contributed by atoms with Crippen molar-refractivity contribution in [2.45, 2.75) is 27.7 Å². The quantitative estimate of drug-likeness (QED) is 0.493. The van der Waals surface area contributed by atoms with Gasteiger partial charge in [0.05, 0.1) is 0 Å². The molecule has 0 radical (unpaired) electrons. The van der Waals surface area contributed by atoms with Gasteiger partial charge in [-0.25, -0.2) is 0 Å². The molecule has 3 nitrogen and oxygen atoms in total. The van der Waals surface area contributed by atoms with Crippen LogP contribution < -0.4 is 0 Å². The lowest BCUT2D eigenvalue weighted by Gasteiger charge is -1.88. The molecule has 0 rings (SSSR count). The maximum Gasteiger partial charge on any atom is 0.106 e. The molecule has 0 heterocycles. The highest BCUT2D eigenvalue weighted by Crippen LogP contribution is 1.83. The van der Waals surface area contributed by atoms with Gasteiger partial charge in [-0.1, -0.05) is 32.9 Å². The molecule has 0 spiro atoms.